The topological polar surface area (TPSA) is 76.5 Å². The summed E-state index contributed by atoms with van der Waals surface area (Å²) in [4.78, 5) is 7.40. The molecule has 0 spiro atoms. The summed E-state index contributed by atoms with van der Waals surface area (Å²) in [5.41, 5.74) is 3.17. The number of benzene rings is 1. The summed E-state index contributed by atoms with van der Waals surface area (Å²) in [5, 5.41) is 8.16. The van der Waals surface area contributed by atoms with E-state index in [9.17, 15) is 4.39 Å². The van der Waals surface area contributed by atoms with Crippen molar-refractivity contribution in [2.45, 2.75) is 33.1 Å². The fraction of sp³-hybridized carbons (Fsp3) is 0.391. The van der Waals surface area contributed by atoms with E-state index in [1.807, 2.05) is 20.0 Å². The quantitative estimate of drug-likeness (QED) is 0.477. The van der Waals surface area contributed by atoms with Crippen LogP contribution in [0.2, 0.25) is 0 Å². The Balaban J connectivity index is 1.39. The summed E-state index contributed by atoms with van der Waals surface area (Å²) in [6.45, 7) is 6.66. The summed E-state index contributed by atoms with van der Waals surface area (Å²) in [5.74, 6) is 1.46. The van der Waals surface area contributed by atoms with Crippen LogP contribution in [-0.4, -0.2) is 39.3 Å². The predicted octanol–water partition coefficient (Wildman–Crippen LogP) is 4.53. The van der Waals surface area contributed by atoms with Crippen molar-refractivity contribution in [3.8, 4) is 17.4 Å². The number of aromatic amines is 1. The smallest absolute Gasteiger partial charge is 0.247 e. The molecule has 0 aliphatic carbocycles. The Bertz CT molecular complexity index is 1230. The van der Waals surface area contributed by atoms with Gasteiger partial charge in [-0.15, -0.1) is 0 Å². The first-order chi connectivity index (χ1) is 15.1. The van der Waals surface area contributed by atoms with Crippen molar-refractivity contribution in [2.24, 2.45) is 5.92 Å². The zero-order valence-corrected chi connectivity index (χ0v) is 17.7. The van der Waals surface area contributed by atoms with Crippen LogP contribution in [0, 0.1) is 25.6 Å². The van der Waals surface area contributed by atoms with Crippen LogP contribution in [0.5, 0.6) is 17.4 Å². The highest BCUT2D eigenvalue weighted by molar-refractivity contribution is 5.83. The monoisotopic (exact) mass is 423 g/mol. The van der Waals surface area contributed by atoms with E-state index >= 15 is 0 Å². The molecule has 0 amide bonds. The van der Waals surface area contributed by atoms with Crippen LogP contribution >= 0.6 is 0 Å². The van der Waals surface area contributed by atoms with Crippen molar-refractivity contribution in [1.29, 1.82) is 0 Å². The molecule has 1 fully saturated rings. The third-order valence-electron chi connectivity index (χ3n) is 6.03. The maximum absolute atomic E-state index is 15.0. The fourth-order valence-electron chi connectivity index (χ4n) is 4.30. The molecule has 4 aromatic rings. The van der Waals surface area contributed by atoms with E-state index in [1.165, 1.54) is 19.2 Å². The number of piperidine rings is 1. The van der Waals surface area contributed by atoms with E-state index in [4.69, 9.17) is 9.47 Å². The zero-order chi connectivity index (χ0) is 21.4. The van der Waals surface area contributed by atoms with Crippen molar-refractivity contribution in [3.05, 3.63) is 47.8 Å². The lowest BCUT2D eigenvalue weighted by Crippen LogP contribution is -2.28. The highest BCUT2D eigenvalue weighted by atomic mass is 19.1. The predicted molar refractivity (Wildman–Crippen MR) is 116 cm³/mol. The molecule has 0 saturated carbocycles. The Kier molecular flexibility index (Phi) is 5.23. The second-order valence-electron chi connectivity index (χ2n) is 8.20. The van der Waals surface area contributed by atoms with E-state index in [2.05, 4.69) is 20.4 Å². The maximum Gasteiger partial charge on any atom is 0.247 e. The number of hydrogen-bond acceptors (Lipinski definition) is 5. The molecule has 1 aliphatic heterocycles. The SMILES string of the molecule is Cc1cc2c(F)c(Oc3ncnn4cc(OCCC5CCNCC5)c(C)c34)ccc2[nH]1. The molecule has 1 aromatic carbocycles. The molecule has 0 atom stereocenters. The fourth-order valence-corrected chi connectivity index (χ4v) is 4.30. The van der Waals surface area contributed by atoms with Crippen molar-refractivity contribution in [2.75, 3.05) is 19.7 Å². The highest BCUT2D eigenvalue weighted by Crippen LogP contribution is 2.35. The van der Waals surface area contributed by atoms with Crippen LogP contribution in [-0.2, 0) is 0 Å². The number of rotatable bonds is 6. The molecule has 7 nitrogen and oxygen atoms in total. The van der Waals surface area contributed by atoms with Gasteiger partial charge < -0.3 is 19.8 Å². The number of nitrogens with zero attached hydrogens (tertiary/aromatic N) is 3. The van der Waals surface area contributed by atoms with Crippen LogP contribution in [0.15, 0.2) is 30.7 Å². The van der Waals surface area contributed by atoms with Gasteiger partial charge in [0.05, 0.1) is 12.8 Å². The van der Waals surface area contributed by atoms with Crippen LogP contribution in [0.25, 0.3) is 16.4 Å². The molecular weight excluding hydrogens is 397 g/mol. The van der Waals surface area contributed by atoms with Gasteiger partial charge in [0.2, 0.25) is 5.88 Å². The molecule has 1 saturated heterocycles. The molecule has 2 N–H and O–H groups in total. The molecule has 0 unspecified atom stereocenters. The average Bonchev–Trinajstić information content (AvgIpc) is 3.31. The van der Waals surface area contributed by atoms with Crippen LogP contribution in [0.4, 0.5) is 4.39 Å². The number of H-pyrrole nitrogens is 1. The molecule has 1 aliphatic rings. The molecular formula is C23H26FN5O2. The highest BCUT2D eigenvalue weighted by Gasteiger charge is 2.19. The summed E-state index contributed by atoms with van der Waals surface area (Å²) < 4.78 is 28.6. The largest absolute Gasteiger partial charge is 0.492 e. The lowest BCUT2D eigenvalue weighted by atomic mass is 9.95. The van der Waals surface area contributed by atoms with Gasteiger partial charge in [0, 0.05) is 22.2 Å². The first-order valence-electron chi connectivity index (χ1n) is 10.7. The number of fused-ring (bicyclic) bond motifs is 2. The van der Waals surface area contributed by atoms with Gasteiger partial charge in [0.1, 0.15) is 17.6 Å². The summed E-state index contributed by atoms with van der Waals surface area (Å²) in [6, 6.07) is 5.18. The van der Waals surface area contributed by atoms with Crippen molar-refractivity contribution in [1.82, 2.24) is 24.9 Å². The summed E-state index contributed by atoms with van der Waals surface area (Å²) in [6.07, 6.45) is 6.65. The number of halogens is 1. The van der Waals surface area contributed by atoms with Crippen LogP contribution < -0.4 is 14.8 Å². The minimum absolute atomic E-state index is 0.126. The standard InChI is InChI=1S/C23H26FN5O2/c1-14-11-17-18(28-14)3-4-19(21(17)24)31-23-22-15(2)20(12-29(22)27-13-26-23)30-10-7-16-5-8-25-9-6-16/h3-4,11-13,16,25,28H,5-10H2,1-2H3. The molecule has 5 rings (SSSR count). The maximum atomic E-state index is 15.0. The van der Waals surface area contributed by atoms with E-state index < -0.39 is 5.82 Å². The number of ether oxygens (including phenoxy) is 2. The van der Waals surface area contributed by atoms with E-state index in [0.29, 0.717) is 29.3 Å². The molecule has 0 bridgehead atoms. The van der Waals surface area contributed by atoms with Gasteiger partial charge in [-0.05, 0) is 70.3 Å². The third kappa shape index (κ3) is 3.83. The Morgan fingerprint density at radius 3 is 2.87 bits per heavy atom. The number of hydrogen-bond donors (Lipinski definition) is 2. The van der Waals surface area contributed by atoms with Gasteiger partial charge in [0.15, 0.2) is 11.6 Å². The number of nitrogens with one attached hydrogen (secondary N) is 2. The molecule has 0 radical (unpaired) electrons. The molecule has 8 heteroatoms. The average molecular weight is 423 g/mol. The Labute approximate surface area is 179 Å². The minimum Gasteiger partial charge on any atom is -0.492 e. The van der Waals surface area contributed by atoms with Crippen molar-refractivity contribution >= 4 is 16.4 Å². The first-order valence-corrected chi connectivity index (χ1v) is 10.7. The van der Waals surface area contributed by atoms with Gasteiger partial charge in [-0.2, -0.15) is 10.1 Å². The Hall–Kier alpha value is -3.13. The molecule has 3 aromatic heterocycles. The summed E-state index contributed by atoms with van der Waals surface area (Å²) in [7, 11) is 0. The second-order valence-corrected chi connectivity index (χ2v) is 8.20. The molecule has 4 heterocycles. The number of aryl methyl sites for hydroxylation is 2. The van der Waals surface area contributed by atoms with Gasteiger partial charge in [-0.25, -0.2) is 8.91 Å². The van der Waals surface area contributed by atoms with Crippen molar-refractivity contribution < 1.29 is 13.9 Å². The zero-order valence-electron chi connectivity index (χ0n) is 17.7. The van der Waals surface area contributed by atoms with Gasteiger partial charge in [-0.3, -0.25) is 0 Å². The normalized spacial score (nSPS) is 15.1. The molecule has 162 valence electrons. The molecule has 31 heavy (non-hydrogen) atoms. The van der Waals surface area contributed by atoms with Gasteiger partial charge in [0.25, 0.3) is 0 Å². The van der Waals surface area contributed by atoms with Gasteiger partial charge >= 0.3 is 0 Å². The first kappa shape index (κ1) is 19.8. The Morgan fingerprint density at radius 1 is 1.19 bits per heavy atom. The van der Waals surface area contributed by atoms with Crippen LogP contribution in [0.3, 0.4) is 0 Å². The van der Waals surface area contributed by atoms with E-state index in [-0.39, 0.29) is 5.75 Å². The van der Waals surface area contributed by atoms with E-state index in [1.54, 1.807) is 22.7 Å². The van der Waals surface area contributed by atoms with E-state index in [0.717, 1.165) is 42.0 Å². The van der Waals surface area contributed by atoms with Crippen LogP contribution in [0.1, 0.15) is 30.5 Å². The van der Waals surface area contributed by atoms with Crippen molar-refractivity contribution in [3.63, 3.8) is 0 Å². The van der Waals surface area contributed by atoms with Gasteiger partial charge in [-0.1, -0.05) is 0 Å². The lowest BCUT2D eigenvalue weighted by molar-refractivity contribution is 0.251. The second kappa shape index (κ2) is 8.19. The Morgan fingerprint density at radius 2 is 2.03 bits per heavy atom. The minimum atomic E-state index is -0.415. The lowest BCUT2D eigenvalue weighted by Gasteiger charge is -2.22. The third-order valence-corrected chi connectivity index (χ3v) is 6.03. The summed E-state index contributed by atoms with van der Waals surface area (Å²) >= 11 is 0. The number of aromatic nitrogens is 4.